The van der Waals surface area contributed by atoms with E-state index in [1.807, 2.05) is 20.8 Å². The number of aliphatic hydroxyl groups is 1. The maximum Gasteiger partial charge on any atom is 0.270 e. The quantitative estimate of drug-likeness (QED) is 0.782. The lowest BCUT2D eigenvalue weighted by molar-refractivity contribution is 0.0939. The highest BCUT2D eigenvalue weighted by atomic mass is 16.3. The highest BCUT2D eigenvalue weighted by Gasteiger charge is 2.18. The van der Waals surface area contributed by atoms with Gasteiger partial charge in [0.25, 0.3) is 5.91 Å². The summed E-state index contributed by atoms with van der Waals surface area (Å²) in [5, 5.41) is 11.1. The lowest BCUT2D eigenvalue weighted by Gasteiger charge is -2.16. The molecule has 16 heavy (non-hydrogen) atoms. The zero-order valence-electron chi connectivity index (χ0n) is 9.82. The second kappa shape index (κ2) is 5.03. The van der Waals surface area contributed by atoms with E-state index in [4.69, 9.17) is 5.11 Å². The molecule has 2 N–H and O–H groups in total. The number of carbonyl (C=O) groups is 1. The first-order valence-electron chi connectivity index (χ1n) is 5.17. The Morgan fingerprint density at radius 2 is 2.19 bits per heavy atom. The highest BCUT2D eigenvalue weighted by Crippen LogP contribution is 2.17. The third-order valence-electron chi connectivity index (χ3n) is 1.96. The lowest BCUT2D eigenvalue weighted by Crippen LogP contribution is -2.28. The van der Waals surface area contributed by atoms with Crippen LogP contribution in [-0.2, 0) is 5.41 Å². The molecular formula is C11H17N3O2. The van der Waals surface area contributed by atoms with Crippen molar-refractivity contribution in [2.24, 2.45) is 0 Å². The molecule has 0 aromatic carbocycles. The fraction of sp³-hybridized carbons (Fsp3) is 0.545. The van der Waals surface area contributed by atoms with Gasteiger partial charge in [-0.1, -0.05) is 20.8 Å². The number of amides is 1. The Hall–Kier alpha value is -1.49. The Labute approximate surface area is 94.9 Å². The first-order valence-corrected chi connectivity index (χ1v) is 5.17. The molecule has 1 heterocycles. The van der Waals surface area contributed by atoms with Gasteiger partial charge in [-0.05, 0) is 6.07 Å². The van der Waals surface area contributed by atoms with Crippen LogP contribution in [0.2, 0.25) is 0 Å². The first kappa shape index (κ1) is 12.6. The molecule has 0 saturated carbocycles. The molecule has 0 aliphatic carbocycles. The topological polar surface area (TPSA) is 75.1 Å². The molecule has 0 radical (unpaired) electrons. The Balaban J connectivity index is 2.86. The molecule has 1 aromatic heterocycles. The molecule has 0 bridgehead atoms. The van der Waals surface area contributed by atoms with Crippen molar-refractivity contribution >= 4 is 5.91 Å². The summed E-state index contributed by atoms with van der Waals surface area (Å²) >= 11 is 0. The minimum absolute atomic E-state index is 0.0804. The van der Waals surface area contributed by atoms with Crippen LogP contribution in [-0.4, -0.2) is 34.1 Å². The van der Waals surface area contributed by atoms with Crippen molar-refractivity contribution in [3.63, 3.8) is 0 Å². The van der Waals surface area contributed by atoms with Gasteiger partial charge in [0.1, 0.15) is 11.5 Å². The van der Waals surface area contributed by atoms with Gasteiger partial charge in [-0.2, -0.15) is 0 Å². The summed E-state index contributed by atoms with van der Waals surface area (Å²) in [5.41, 5.74) is 0.140. The molecule has 0 saturated heterocycles. The number of aliphatic hydroxyl groups excluding tert-OH is 1. The van der Waals surface area contributed by atoms with Crippen LogP contribution in [0.3, 0.4) is 0 Å². The van der Waals surface area contributed by atoms with Crippen LogP contribution in [0.25, 0.3) is 0 Å². The number of aromatic nitrogens is 2. The van der Waals surface area contributed by atoms with Gasteiger partial charge in [-0.3, -0.25) is 4.79 Å². The molecule has 5 nitrogen and oxygen atoms in total. The summed E-state index contributed by atoms with van der Waals surface area (Å²) in [6.07, 6.45) is 1.57. The molecule has 0 spiro atoms. The number of hydrogen-bond acceptors (Lipinski definition) is 4. The van der Waals surface area contributed by atoms with Crippen LogP contribution in [0, 0.1) is 0 Å². The van der Waals surface area contributed by atoms with Crippen molar-refractivity contribution < 1.29 is 9.90 Å². The van der Waals surface area contributed by atoms with Gasteiger partial charge in [-0.25, -0.2) is 9.97 Å². The van der Waals surface area contributed by atoms with E-state index in [9.17, 15) is 4.79 Å². The van der Waals surface area contributed by atoms with E-state index in [1.54, 1.807) is 12.3 Å². The van der Waals surface area contributed by atoms with E-state index >= 15 is 0 Å². The smallest absolute Gasteiger partial charge is 0.270 e. The number of nitrogens with zero attached hydrogens (tertiary/aromatic N) is 2. The number of rotatable bonds is 3. The van der Waals surface area contributed by atoms with Crippen LogP contribution in [0.4, 0.5) is 0 Å². The highest BCUT2D eigenvalue weighted by molar-refractivity contribution is 5.92. The molecule has 0 unspecified atom stereocenters. The Bertz CT molecular complexity index is 372. The molecular weight excluding hydrogens is 206 g/mol. The normalized spacial score (nSPS) is 11.2. The molecule has 1 aromatic rings. The van der Waals surface area contributed by atoms with E-state index in [2.05, 4.69) is 15.3 Å². The van der Waals surface area contributed by atoms with Crippen molar-refractivity contribution in [1.82, 2.24) is 15.3 Å². The Morgan fingerprint density at radius 1 is 1.50 bits per heavy atom. The number of hydrogen-bond donors (Lipinski definition) is 2. The van der Waals surface area contributed by atoms with E-state index in [1.165, 1.54) is 0 Å². The summed E-state index contributed by atoms with van der Waals surface area (Å²) in [6, 6.07) is 1.56. The summed E-state index contributed by atoms with van der Waals surface area (Å²) in [4.78, 5) is 19.9. The third kappa shape index (κ3) is 3.27. The van der Waals surface area contributed by atoms with E-state index in [-0.39, 0.29) is 24.5 Å². The van der Waals surface area contributed by atoms with Gasteiger partial charge >= 0.3 is 0 Å². The van der Waals surface area contributed by atoms with Crippen LogP contribution in [0.15, 0.2) is 12.3 Å². The van der Waals surface area contributed by atoms with Gasteiger partial charge in [0.2, 0.25) is 0 Å². The van der Waals surface area contributed by atoms with Crippen LogP contribution < -0.4 is 5.32 Å². The minimum Gasteiger partial charge on any atom is -0.395 e. The van der Waals surface area contributed by atoms with Gasteiger partial charge in [0.15, 0.2) is 0 Å². The summed E-state index contributed by atoms with van der Waals surface area (Å²) in [6.45, 7) is 6.10. The standard InChI is InChI=1S/C11H17N3O2/c1-11(2,3)10-13-5-4-8(14-10)9(16)12-6-7-15/h4-5,15H,6-7H2,1-3H3,(H,12,16). The summed E-state index contributed by atoms with van der Waals surface area (Å²) < 4.78 is 0. The molecule has 0 aliphatic rings. The fourth-order valence-electron chi connectivity index (χ4n) is 1.11. The molecule has 5 heteroatoms. The Morgan fingerprint density at radius 3 is 2.75 bits per heavy atom. The third-order valence-corrected chi connectivity index (χ3v) is 1.96. The van der Waals surface area contributed by atoms with Crippen LogP contribution >= 0.6 is 0 Å². The monoisotopic (exact) mass is 223 g/mol. The minimum atomic E-state index is -0.290. The second-order valence-corrected chi connectivity index (χ2v) is 4.49. The largest absolute Gasteiger partial charge is 0.395 e. The second-order valence-electron chi connectivity index (χ2n) is 4.49. The molecule has 0 aliphatic heterocycles. The van der Waals surface area contributed by atoms with Crippen LogP contribution in [0.1, 0.15) is 37.1 Å². The van der Waals surface area contributed by atoms with Crippen molar-refractivity contribution in [3.05, 3.63) is 23.8 Å². The first-order chi connectivity index (χ1) is 7.45. The molecule has 1 rings (SSSR count). The summed E-state index contributed by atoms with van der Waals surface area (Å²) in [5.74, 6) is 0.339. The summed E-state index contributed by atoms with van der Waals surface area (Å²) in [7, 11) is 0. The number of carbonyl (C=O) groups excluding carboxylic acids is 1. The van der Waals surface area contributed by atoms with Gasteiger partial charge in [0, 0.05) is 18.2 Å². The zero-order chi connectivity index (χ0) is 12.2. The maximum absolute atomic E-state index is 11.6. The molecule has 0 fully saturated rings. The predicted molar refractivity (Wildman–Crippen MR) is 60.2 cm³/mol. The van der Waals surface area contributed by atoms with Crippen molar-refractivity contribution in [3.8, 4) is 0 Å². The van der Waals surface area contributed by atoms with Crippen molar-refractivity contribution in [1.29, 1.82) is 0 Å². The van der Waals surface area contributed by atoms with Crippen molar-refractivity contribution in [2.75, 3.05) is 13.2 Å². The predicted octanol–water partition coefficient (Wildman–Crippen LogP) is 0.496. The van der Waals surface area contributed by atoms with E-state index in [0.29, 0.717) is 11.5 Å². The zero-order valence-corrected chi connectivity index (χ0v) is 9.82. The van der Waals surface area contributed by atoms with Gasteiger partial charge < -0.3 is 10.4 Å². The molecule has 0 atom stereocenters. The van der Waals surface area contributed by atoms with Crippen molar-refractivity contribution in [2.45, 2.75) is 26.2 Å². The van der Waals surface area contributed by atoms with Crippen LogP contribution in [0.5, 0.6) is 0 Å². The maximum atomic E-state index is 11.6. The average Bonchev–Trinajstić information content (AvgIpc) is 2.25. The molecule has 88 valence electrons. The van der Waals surface area contributed by atoms with Gasteiger partial charge in [-0.15, -0.1) is 0 Å². The number of nitrogens with one attached hydrogen (secondary N) is 1. The van der Waals surface area contributed by atoms with E-state index < -0.39 is 0 Å². The van der Waals surface area contributed by atoms with Gasteiger partial charge in [0.05, 0.1) is 6.61 Å². The average molecular weight is 223 g/mol. The molecule has 1 amide bonds. The Kier molecular flexibility index (Phi) is 3.95. The SMILES string of the molecule is CC(C)(C)c1nccc(C(=O)NCCO)n1. The van der Waals surface area contributed by atoms with E-state index in [0.717, 1.165) is 0 Å². The lowest BCUT2D eigenvalue weighted by atomic mass is 9.95. The fourth-order valence-corrected chi connectivity index (χ4v) is 1.11.